The predicted molar refractivity (Wildman–Crippen MR) is 106 cm³/mol. The molecule has 146 valence electrons. The van der Waals surface area contributed by atoms with Crippen LogP contribution in [0.2, 0.25) is 0 Å². The number of esters is 2. The third-order valence-electron chi connectivity index (χ3n) is 5.18. The molecule has 2 heterocycles. The summed E-state index contributed by atoms with van der Waals surface area (Å²) in [6.07, 6.45) is 0. The van der Waals surface area contributed by atoms with Crippen molar-refractivity contribution in [2.75, 3.05) is 0 Å². The van der Waals surface area contributed by atoms with Gasteiger partial charge in [0.05, 0.1) is 16.1 Å². The molecule has 0 atom stereocenters. The molecule has 7 nitrogen and oxygen atoms in total. The quantitative estimate of drug-likeness (QED) is 0.290. The fourth-order valence-corrected chi connectivity index (χ4v) is 3.81. The second kappa shape index (κ2) is 6.38. The predicted octanol–water partition coefficient (Wildman–Crippen LogP) is 2.14. The summed E-state index contributed by atoms with van der Waals surface area (Å²) in [5.74, 6) is -0.378. The van der Waals surface area contributed by atoms with Gasteiger partial charge in [-0.05, 0) is 42.3 Å². The van der Waals surface area contributed by atoms with Crippen LogP contribution in [0.5, 0.6) is 11.5 Å². The van der Waals surface area contributed by atoms with Gasteiger partial charge >= 0.3 is 11.9 Å². The summed E-state index contributed by atoms with van der Waals surface area (Å²) in [6, 6.07) is 16.8. The molecular formula is C23H13NO6. The van der Waals surface area contributed by atoms with Crippen molar-refractivity contribution in [3.63, 3.8) is 0 Å². The van der Waals surface area contributed by atoms with Crippen LogP contribution in [0.1, 0.15) is 16.7 Å². The highest BCUT2D eigenvalue weighted by Crippen LogP contribution is 2.29. The number of nitrogens with zero attached hydrogens (tertiary/aromatic N) is 1. The maximum absolute atomic E-state index is 12.6. The minimum absolute atomic E-state index is 0.0316. The Morgan fingerprint density at radius 3 is 1.87 bits per heavy atom. The first-order valence-electron chi connectivity index (χ1n) is 9.12. The third kappa shape index (κ3) is 2.60. The van der Waals surface area contributed by atoms with Crippen molar-refractivity contribution >= 4 is 28.8 Å². The van der Waals surface area contributed by atoms with Crippen LogP contribution in [-0.2, 0) is 9.59 Å². The van der Waals surface area contributed by atoms with E-state index in [1.54, 1.807) is 25.1 Å². The summed E-state index contributed by atoms with van der Waals surface area (Å²) in [5.41, 5.74) is 2.28. The van der Waals surface area contributed by atoms with Crippen molar-refractivity contribution in [2.45, 2.75) is 6.92 Å². The number of benzene rings is 3. The van der Waals surface area contributed by atoms with Crippen molar-refractivity contribution in [2.24, 2.45) is 0 Å². The van der Waals surface area contributed by atoms with E-state index in [0.29, 0.717) is 44.2 Å². The van der Waals surface area contributed by atoms with Gasteiger partial charge in [-0.3, -0.25) is 10.1 Å². The summed E-state index contributed by atoms with van der Waals surface area (Å²) >= 11 is 0. The van der Waals surface area contributed by atoms with Gasteiger partial charge in [0, 0.05) is 22.1 Å². The maximum atomic E-state index is 12.6. The normalized spacial score (nSPS) is 14.3. The van der Waals surface area contributed by atoms with Crippen LogP contribution in [-0.4, -0.2) is 16.9 Å². The first kappa shape index (κ1) is 17.8. The number of aryl methyl sites for hydroxylation is 1. The van der Waals surface area contributed by atoms with E-state index in [2.05, 4.69) is 0 Å². The molecular weight excluding hydrogens is 386 g/mol. The van der Waals surface area contributed by atoms with Gasteiger partial charge in [-0.1, -0.05) is 30.3 Å². The van der Waals surface area contributed by atoms with Crippen molar-refractivity contribution < 1.29 is 24.0 Å². The number of rotatable bonds is 3. The zero-order valence-corrected chi connectivity index (χ0v) is 15.7. The number of carbonyl (C=O) groups excluding carboxylic acids is 2. The molecule has 3 aromatic carbocycles. The monoisotopic (exact) mass is 399 g/mol. The van der Waals surface area contributed by atoms with Gasteiger partial charge in [0.2, 0.25) is 0 Å². The summed E-state index contributed by atoms with van der Waals surface area (Å²) < 4.78 is 10.9. The zero-order valence-electron chi connectivity index (χ0n) is 15.7. The molecule has 0 aliphatic carbocycles. The average Bonchev–Trinajstić information content (AvgIpc) is 3.20. The Morgan fingerprint density at radius 2 is 1.33 bits per heavy atom. The number of hydrogen-bond acceptors (Lipinski definition) is 6. The molecule has 7 heteroatoms. The lowest BCUT2D eigenvalue weighted by molar-refractivity contribution is -0.385. The molecule has 0 radical (unpaired) electrons. The van der Waals surface area contributed by atoms with Gasteiger partial charge in [0.25, 0.3) is 5.69 Å². The van der Waals surface area contributed by atoms with Gasteiger partial charge in [-0.2, -0.15) is 0 Å². The lowest BCUT2D eigenvalue weighted by Crippen LogP contribution is -2.11. The van der Waals surface area contributed by atoms with E-state index in [0.717, 1.165) is 0 Å². The highest BCUT2D eigenvalue weighted by Gasteiger charge is 2.30. The molecule has 0 spiro atoms. The van der Waals surface area contributed by atoms with Crippen LogP contribution >= 0.6 is 0 Å². The summed E-state index contributed by atoms with van der Waals surface area (Å²) in [4.78, 5) is 35.7. The van der Waals surface area contributed by atoms with Gasteiger partial charge in [-0.25, -0.2) is 9.59 Å². The van der Waals surface area contributed by atoms with Crippen LogP contribution in [0.15, 0.2) is 60.7 Å². The topological polar surface area (TPSA) is 95.7 Å². The molecule has 0 bridgehead atoms. The molecule has 0 amide bonds. The summed E-state index contributed by atoms with van der Waals surface area (Å²) in [6.45, 7) is 1.61. The summed E-state index contributed by atoms with van der Waals surface area (Å²) in [5, 5.41) is 12.1. The lowest BCUT2D eigenvalue weighted by atomic mass is 10.00. The Morgan fingerprint density at radius 1 is 0.767 bits per heavy atom. The first-order valence-corrected chi connectivity index (χ1v) is 9.12. The number of nitro groups is 1. The van der Waals surface area contributed by atoms with Crippen LogP contribution < -0.4 is 19.9 Å². The minimum atomic E-state index is -0.561. The van der Waals surface area contributed by atoms with Gasteiger partial charge in [0.15, 0.2) is 0 Å². The molecule has 0 fully saturated rings. The van der Waals surface area contributed by atoms with Crippen molar-refractivity contribution in [3.05, 3.63) is 97.9 Å². The second-order valence-electron chi connectivity index (χ2n) is 7.00. The van der Waals surface area contributed by atoms with Crippen LogP contribution in [0.25, 0.3) is 11.1 Å². The fraction of sp³-hybridized carbons (Fsp3) is 0.0435. The molecule has 0 aromatic heterocycles. The standard InChI is InChI=1S/C23H13NO6/c1-12-9-14(7-8-17(12)24(27)28)21-16-11-18-15(10-19(16)30-23(21)26)20(22(25)29-18)13-5-3-2-4-6-13/h2-11H,1H3. The molecule has 0 saturated carbocycles. The number of carbonyl (C=O) groups is 2. The second-order valence-corrected chi connectivity index (χ2v) is 7.00. The average molecular weight is 399 g/mol. The van der Waals surface area contributed by atoms with E-state index >= 15 is 0 Å². The Labute approximate surface area is 169 Å². The van der Waals surface area contributed by atoms with Gasteiger partial charge in [0.1, 0.15) is 11.5 Å². The Kier molecular flexibility index (Phi) is 3.79. The number of ether oxygens (including phenoxy) is 2. The fourth-order valence-electron chi connectivity index (χ4n) is 3.81. The molecule has 30 heavy (non-hydrogen) atoms. The van der Waals surface area contributed by atoms with E-state index in [1.807, 2.05) is 30.3 Å². The third-order valence-corrected chi connectivity index (χ3v) is 5.18. The number of fused-ring (bicyclic) bond motifs is 2. The van der Waals surface area contributed by atoms with Gasteiger partial charge < -0.3 is 9.47 Å². The Bertz CT molecular complexity index is 1410. The molecule has 0 N–H and O–H groups in total. The van der Waals surface area contributed by atoms with E-state index in [4.69, 9.17) is 9.47 Å². The molecule has 5 rings (SSSR count). The van der Waals surface area contributed by atoms with E-state index < -0.39 is 16.9 Å². The molecule has 2 aliphatic heterocycles. The van der Waals surface area contributed by atoms with Crippen molar-refractivity contribution in [3.8, 4) is 11.5 Å². The van der Waals surface area contributed by atoms with Crippen LogP contribution in [0.4, 0.5) is 5.69 Å². The Balaban J connectivity index is 1.75. The Hall–Kier alpha value is -4.26. The highest BCUT2D eigenvalue weighted by molar-refractivity contribution is 6.21. The van der Waals surface area contributed by atoms with Gasteiger partial charge in [-0.15, -0.1) is 0 Å². The van der Waals surface area contributed by atoms with Crippen molar-refractivity contribution in [1.29, 1.82) is 0 Å². The van der Waals surface area contributed by atoms with E-state index in [1.165, 1.54) is 12.1 Å². The van der Waals surface area contributed by atoms with Crippen LogP contribution in [0, 0.1) is 17.0 Å². The first-order chi connectivity index (χ1) is 14.4. The van der Waals surface area contributed by atoms with E-state index in [9.17, 15) is 19.7 Å². The summed E-state index contributed by atoms with van der Waals surface area (Å²) in [7, 11) is 0. The smallest absolute Gasteiger partial charge is 0.344 e. The zero-order chi connectivity index (χ0) is 21.0. The minimum Gasteiger partial charge on any atom is -0.422 e. The highest BCUT2D eigenvalue weighted by atomic mass is 16.6. The van der Waals surface area contributed by atoms with Crippen molar-refractivity contribution in [1.82, 2.24) is 0 Å². The molecule has 3 aromatic rings. The maximum Gasteiger partial charge on any atom is 0.344 e. The number of hydrogen-bond donors (Lipinski definition) is 0. The van der Waals surface area contributed by atoms with E-state index in [-0.39, 0.29) is 11.3 Å². The lowest BCUT2D eigenvalue weighted by Gasteiger charge is -2.03. The largest absolute Gasteiger partial charge is 0.422 e. The molecule has 0 saturated heterocycles. The number of nitro benzene ring substituents is 1. The SMILES string of the molecule is Cc1cc(C2=c3cc4c(cc3OC2=O)=C(c2ccccc2)C(=O)O4)ccc1[N+](=O)[O-]. The van der Waals surface area contributed by atoms with Crippen LogP contribution in [0.3, 0.4) is 0 Å². The molecule has 0 unspecified atom stereocenters. The molecule has 2 aliphatic rings.